The lowest BCUT2D eigenvalue weighted by atomic mass is 10.0. The molecule has 0 saturated heterocycles. The summed E-state index contributed by atoms with van der Waals surface area (Å²) in [4.78, 5) is 4.40. The number of para-hydroxylation sites is 1. The molecule has 1 atom stereocenters. The average molecular weight is 439 g/mol. The summed E-state index contributed by atoms with van der Waals surface area (Å²) in [5, 5.41) is 12.6. The Morgan fingerprint density at radius 1 is 1.17 bits per heavy atom. The first kappa shape index (κ1) is 18.5. The highest BCUT2D eigenvalue weighted by Gasteiger charge is 2.21. The predicted octanol–water partition coefficient (Wildman–Crippen LogP) is 2.73. The standard InChI is InChI=1S/C18H21N3O2.HI/c19-18(20-11-13-5-1-2-6-14(13)12-22)21-16-9-10-23-17-8-4-3-7-15(16)17;/h1-8,16,22H,9-12H2,(H3,19,20,21);1H. The summed E-state index contributed by atoms with van der Waals surface area (Å²) < 4.78 is 5.65. The van der Waals surface area contributed by atoms with Crippen LogP contribution >= 0.6 is 24.0 Å². The molecule has 6 heteroatoms. The van der Waals surface area contributed by atoms with Crippen LogP contribution in [-0.4, -0.2) is 17.7 Å². The molecule has 5 nitrogen and oxygen atoms in total. The molecule has 0 aromatic heterocycles. The molecule has 1 aliphatic rings. The van der Waals surface area contributed by atoms with Gasteiger partial charge in [-0.25, -0.2) is 4.99 Å². The molecule has 2 aromatic carbocycles. The number of nitrogens with two attached hydrogens (primary N) is 1. The van der Waals surface area contributed by atoms with Crippen molar-refractivity contribution in [1.82, 2.24) is 5.32 Å². The van der Waals surface area contributed by atoms with Crippen LogP contribution in [0.1, 0.15) is 29.2 Å². The van der Waals surface area contributed by atoms with Gasteiger partial charge in [-0.3, -0.25) is 0 Å². The highest BCUT2D eigenvalue weighted by Crippen LogP contribution is 2.31. The van der Waals surface area contributed by atoms with Crippen molar-refractivity contribution in [2.75, 3.05) is 6.61 Å². The number of nitrogens with one attached hydrogen (secondary N) is 1. The maximum atomic E-state index is 9.34. The van der Waals surface area contributed by atoms with E-state index in [4.69, 9.17) is 10.5 Å². The lowest BCUT2D eigenvalue weighted by Gasteiger charge is -2.26. The number of aliphatic imine (C=N–C) groups is 1. The summed E-state index contributed by atoms with van der Waals surface area (Å²) in [5.41, 5.74) is 9.00. The second-order valence-electron chi connectivity index (χ2n) is 5.50. The van der Waals surface area contributed by atoms with Crippen molar-refractivity contribution in [3.8, 4) is 5.75 Å². The quantitative estimate of drug-likeness (QED) is 0.389. The molecule has 1 aliphatic heterocycles. The maximum Gasteiger partial charge on any atom is 0.189 e. The fourth-order valence-electron chi connectivity index (χ4n) is 2.75. The number of nitrogens with zero attached hydrogens (tertiary/aromatic N) is 1. The first-order chi connectivity index (χ1) is 11.3. The number of aliphatic hydroxyl groups is 1. The minimum atomic E-state index is 0. The molecule has 24 heavy (non-hydrogen) atoms. The van der Waals surface area contributed by atoms with Crippen molar-refractivity contribution in [1.29, 1.82) is 0 Å². The van der Waals surface area contributed by atoms with Gasteiger partial charge in [0, 0.05) is 12.0 Å². The second kappa shape index (κ2) is 8.89. The molecule has 1 heterocycles. The highest BCUT2D eigenvalue weighted by molar-refractivity contribution is 14.0. The van der Waals surface area contributed by atoms with Gasteiger partial charge in [-0.1, -0.05) is 42.5 Å². The van der Waals surface area contributed by atoms with Gasteiger partial charge in [-0.15, -0.1) is 24.0 Å². The fourth-order valence-corrected chi connectivity index (χ4v) is 2.75. The molecule has 0 bridgehead atoms. The Bertz CT molecular complexity index is 706. The smallest absolute Gasteiger partial charge is 0.189 e. The van der Waals surface area contributed by atoms with Crippen LogP contribution in [0.25, 0.3) is 0 Å². The Hall–Kier alpha value is -1.80. The van der Waals surface area contributed by atoms with Gasteiger partial charge in [0.2, 0.25) is 0 Å². The number of aliphatic hydroxyl groups excluding tert-OH is 1. The number of benzene rings is 2. The molecule has 4 N–H and O–H groups in total. The van der Waals surface area contributed by atoms with Crippen LogP contribution in [0, 0.1) is 0 Å². The van der Waals surface area contributed by atoms with E-state index in [-0.39, 0.29) is 36.6 Å². The Balaban J connectivity index is 0.00000208. The first-order valence-electron chi connectivity index (χ1n) is 7.73. The number of guanidine groups is 1. The fraction of sp³-hybridized carbons (Fsp3) is 0.278. The van der Waals surface area contributed by atoms with E-state index in [1.807, 2.05) is 48.5 Å². The Morgan fingerprint density at radius 3 is 2.67 bits per heavy atom. The van der Waals surface area contributed by atoms with Crippen molar-refractivity contribution < 1.29 is 9.84 Å². The van der Waals surface area contributed by atoms with Crippen LogP contribution < -0.4 is 15.8 Å². The molecule has 0 radical (unpaired) electrons. The summed E-state index contributed by atoms with van der Waals surface area (Å²) in [5.74, 6) is 1.30. The van der Waals surface area contributed by atoms with Crippen LogP contribution in [0.15, 0.2) is 53.5 Å². The predicted molar refractivity (Wildman–Crippen MR) is 106 cm³/mol. The van der Waals surface area contributed by atoms with Gasteiger partial charge in [-0.2, -0.15) is 0 Å². The van der Waals surface area contributed by atoms with Gasteiger partial charge in [0.05, 0.1) is 25.8 Å². The molecule has 0 amide bonds. The molecule has 1 unspecified atom stereocenters. The zero-order valence-electron chi connectivity index (χ0n) is 13.3. The summed E-state index contributed by atoms with van der Waals surface area (Å²) in [6, 6.07) is 15.7. The minimum Gasteiger partial charge on any atom is -0.493 e. The largest absolute Gasteiger partial charge is 0.493 e. The van der Waals surface area contributed by atoms with Crippen molar-refractivity contribution in [2.24, 2.45) is 10.7 Å². The van der Waals surface area contributed by atoms with Crippen molar-refractivity contribution >= 4 is 29.9 Å². The zero-order chi connectivity index (χ0) is 16.1. The minimum absolute atomic E-state index is 0. The summed E-state index contributed by atoms with van der Waals surface area (Å²) in [6.07, 6.45) is 0.848. The van der Waals surface area contributed by atoms with Crippen molar-refractivity contribution in [3.05, 3.63) is 65.2 Å². The number of hydrogen-bond donors (Lipinski definition) is 3. The number of halogens is 1. The van der Waals surface area contributed by atoms with Gasteiger partial charge in [0.25, 0.3) is 0 Å². The third-order valence-corrected chi connectivity index (χ3v) is 3.99. The molecule has 0 saturated carbocycles. The lowest BCUT2D eigenvalue weighted by molar-refractivity contribution is 0.262. The third-order valence-electron chi connectivity index (χ3n) is 3.99. The van der Waals surface area contributed by atoms with E-state index < -0.39 is 0 Å². The second-order valence-corrected chi connectivity index (χ2v) is 5.50. The molecule has 128 valence electrons. The van der Waals surface area contributed by atoms with Crippen molar-refractivity contribution in [2.45, 2.75) is 25.6 Å². The van der Waals surface area contributed by atoms with Gasteiger partial charge in [0.1, 0.15) is 5.75 Å². The SMILES string of the molecule is I.NC(=NCc1ccccc1CO)NC1CCOc2ccccc21. The van der Waals surface area contributed by atoms with E-state index in [1.54, 1.807) is 0 Å². The van der Waals surface area contributed by atoms with E-state index >= 15 is 0 Å². The lowest BCUT2D eigenvalue weighted by Crippen LogP contribution is -2.37. The zero-order valence-corrected chi connectivity index (χ0v) is 15.6. The topological polar surface area (TPSA) is 79.9 Å². The molecule has 0 aliphatic carbocycles. The van der Waals surface area contributed by atoms with Crippen LogP contribution in [0.3, 0.4) is 0 Å². The monoisotopic (exact) mass is 439 g/mol. The van der Waals surface area contributed by atoms with E-state index in [9.17, 15) is 5.11 Å². The third kappa shape index (κ3) is 4.39. The maximum absolute atomic E-state index is 9.34. The van der Waals surface area contributed by atoms with E-state index in [1.165, 1.54) is 0 Å². The molecule has 2 aromatic rings. The van der Waals surface area contributed by atoms with Crippen LogP contribution in [0.4, 0.5) is 0 Å². The summed E-state index contributed by atoms with van der Waals surface area (Å²) >= 11 is 0. The normalized spacial score (nSPS) is 16.5. The van der Waals surface area contributed by atoms with Gasteiger partial charge < -0.3 is 20.9 Å². The Morgan fingerprint density at radius 2 is 1.88 bits per heavy atom. The van der Waals surface area contributed by atoms with Crippen LogP contribution in [-0.2, 0) is 13.2 Å². The Kier molecular flexibility index (Phi) is 6.86. The Labute approximate surface area is 159 Å². The van der Waals surface area contributed by atoms with Crippen LogP contribution in [0.5, 0.6) is 5.75 Å². The number of ether oxygens (including phenoxy) is 1. The first-order valence-corrected chi connectivity index (χ1v) is 7.73. The number of hydrogen-bond acceptors (Lipinski definition) is 3. The van der Waals surface area contributed by atoms with Gasteiger partial charge in [-0.05, 0) is 17.2 Å². The summed E-state index contributed by atoms with van der Waals surface area (Å²) in [6.45, 7) is 1.11. The van der Waals surface area contributed by atoms with Crippen LogP contribution in [0.2, 0.25) is 0 Å². The van der Waals surface area contributed by atoms with Gasteiger partial charge in [0.15, 0.2) is 5.96 Å². The van der Waals surface area contributed by atoms with Gasteiger partial charge >= 0.3 is 0 Å². The average Bonchev–Trinajstić information content (AvgIpc) is 2.60. The van der Waals surface area contributed by atoms with E-state index in [0.717, 1.165) is 28.9 Å². The number of fused-ring (bicyclic) bond motifs is 1. The molecular formula is C18H22IN3O2. The summed E-state index contributed by atoms with van der Waals surface area (Å²) in [7, 11) is 0. The molecule has 0 fully saturated rings. The molecular weight excluding hydrogens is 417 g/mol. The number of rotatable bonds is 4. The van der Waals surface area contributed by atoms with E-state index in [2.05, 4.69) is 10.3 Å². The molecule has 0 spiro atoms. The van der Waals surface area contributed by atoms with Crippen molar-refractivity contribution in [3.63, 3.8) is 0 Å². The highest BCUT2D eigenvalue weighted by atomic mass is 127. The van der Waals surface area contributed by atoms with E-state index in [0.29, 0.717) is 19.1 Å². The molecule has 3 rings (SSSR count).